The molecule has 0 radical (unpaired) electrons. The van der Waals surface area contributed by atoms with E-state index in [1.807, 2.05) is 31.2 Å². The topological polar surface area (TPSA) is 52.6 Å². The molecule has 1 heterocycles. The third kappa shape index (κ3) is 4.10. The van der Waals surface area contributed by atoms with Gasteiger partial charge in [0.1, 0.15) is 12.4 Å². The number of carbonyl (C=O) groups is 2. The number of ketones is 1. The van der Waals surface area contributed by atoms with Crippen molar-refractivity contribution in [1.29, 1.82) is 0 Å². The van der Waals surface area contributed by atoms with Crippen molar-refractivity contribution >= 4 is 11.8 Å². The molecule has 1 aromatic carbocycles. The number of Topliss-reactive ketones (excluding diaryl/α,β-unsaturated/α-hetero) is 1. The van der Waals surface area contributed by atoms with Crippen LogP contribution in [0.3, 0.4) is 0 Å². The second-order valence-electron chi connectivity index (χ2n) is 5.35. The average Bonchev–Trinajstić information content (AvgIpc) is 2.59. The van der Waals surface area contributed by atoms with Crippen molar-refractivity contribution in [3.05, 3.63) is 77.4 Å². The van der Waals surface area contributed by atoms with Crippen LogP contribution in [0, 0.1) is 0 Å². The summed E-state index contributed by atoms with van der Waals surface area (Å²) in [5.41, 5.74) is 2.60. The Kier molecular flexibility index (Phi) is 5.90. The van der Waals surface area contributed by atoms with Crippen molar-refractivity contribution in [3.63, 3.8) is 0 Å². The van der Waals surface area contributed by atoms with E-state index in [1.54, 1.807) is 18.2 Å². The van der Waals surface area contributed by atoms with Crippen molar-refractivity contribution in [1.82, 2.24) is 0 Å². The maximum absolute atomic E-state index is 12.7. The van der Waals surface area contributed by atoms with Gasteiger partial charge < -0.3 is 9.47 Å². The van der Waals surface area contributed by atoms with Crippen LogP contribution in [-0.2, 0) is 4.74 Å². The van der Waals surface area contributed by atoms with E-state index in [-0.39, 0.29) is 12.2 Å². The number of hydrogen-bond donors (Lipinski definition) is 0. The maximum Gasteiger partial charge on any atom is 0.337 e. The van der Waals surface area contributed by atoms with Crippen LogP contribution in [-0.4, -0.2) is 25.5 Å². The maximum atomic E-state index is 12.7. The first-order chi connectivity index (χ1) is 11.6. The van der Waals surface area contributed by atoms with E-state index in [1.165, 1.54) is 13.2 Å². The second kappa shape index (κ2) is 8.11. The Hall–Kier alpha value is -2.88. The summed E-state index contributed by atoms with van der Waals surface area (Å²) < 4.78 is 10.4. The van der Waals surface area contributed by atoms with E-state index in [9.17, 15) is 9.59 Å². The van der Waals surface area contributed by atoms with Gasteiger partial charge in [-0.3, -0.25) is 4.79 Å². The second-order valence-corrected chi connectivity index (χ2v) is 5.35. The smallest absolute Gasteiger partial charge is 0.337 e. The molecule has 0 saturated heterocycles. The fourth-order valence-corrected chi connectivity index (χ4v) is 2.38. The molecule has 4 nitrogen and oxygen atoms in total. The van der Waals surface area contributed by atoms with Gasteiger partial charge in [-0.2, -0.15) is 0 Å². The molecule has 0 spiro atoms. The van der Waals surface area contributed by atoms with Crippen LogP contribution in [0.5, 0.6) is 5.75 Å². The number of benzene rings is 1. The monoisotopic (exact) mass is 324 g/mol. The standard InChI is InChI=1S/C20H20O4/c1-4-5-7-15-8-6-11-24-19-10-9-16(20(22)23-3)13-17(19)18(21)12-14(15)2/h4-10,13H,1,11-12H2,2-3H3/b7-5-,8-6-,15-14-. The van der Waals surface area contributed by atoms with Crippen LogP contribution in [0.1, 0.15) is 34.1 Å². The van der Waals surface area contributed by atoms with Crippen molar-refractivity contribution < 1.29 is 19.1 Å². The largest absolute Gasteiger partial charge is 0.489 e. The van der Waals surface area contributed by atoms with E-state index in [0.29, 0.717) is 23.5 Å². The lowest BCUT2D eigenvalue weighted by Gasteiger charge is -2.13. The van der Waals surface area contributed by atoms with Crippen LogP contribution in [0.4, 0.5) is 0 Å². The van der Waals surface area contributed by atoms with Gasteiger partial charge in [0, 0.05) is 6.42 Å². The molecule has 24 heavy (non-hydrogen) atoms. The number of hydrogen-bond acceptors (Lipinski definition) is 4. The van der Waals surface area contributed by atoms with Gasteiger partial charge in [-0.05, 0) is 36.8 Å². The Bertz CT molecular complexity index is 751. The van der Waals surface area contributed by atoms with Crippen molar-refractivity contribution in [2.45, 2.75) is 13.3 Å². The van der Waals surface area contributed by atoms with Crippen molar-refractivity contribution in [3.8, 4) is 5.75 Å². The number of allylic oxidation sites excluding steroid dienone is 6. The molecule has 0 amide bonds. The van der Waals surface area contributed by atoms with Crippen LogP contribution in [0.15, 0.2) is 66.3 Å². The first-order valence-electron chi connectivity index (χ1n) is 7.60. The molecule has 0 saturated carbocycles. The Morgan fingerprint density at radius 1 is 1.38 bits per heavy atom. The molecular formula is C20H20O4. The Morgan fingerprint density at radius 2 is 2.17 bits per heavy atom. The Morgan fingerprint density at radius 3 is 2.88 bits per heavy atom. The fourth-order valence-electron chi connectivity index (χ4n) is 2.38. The molecule has 1 aromatic rings. The Balaban J connectivity index is 2.44. The molecule has 4 heteroatoms. The molecule has 1 aliphatic heterocycles. The molecule has 0 atom stereocenters. The highest BCUT2D eigenvalue weighted by Crippen LogP contribution is 2.26. The number of fused-ring (bicyclic) bond motifs is 1. The van der Waals surface area contributed by atoms with Crippen LogP contribution >= 0.6 is 0 Å². The molecule has 2 rings (SSSR count). The number of rotatable bonds is 3. The number of methoxy groups -OCH3 is 1. The zero-order valence-electron chi connectivity index (χ0n) is 13.9. The predicted octanol–water partition coefficient (Wildman–Crippen LogP) is 4.05. The number of esters is 1. The normalized spacial score (nSPS) is 19.3. The van der Waals surface area contributed by atoms with E-state index < -0.39 is 5.97 Å². The third-order valence-electron chi connectivity index (χ3n) is 3.66. The van der Waals surface area contributed by atoms with Gasteiger partial charge in [-0.15, -0.1) is 0 Å². The van der Waals surface area contributed by atoms with Crippen molar-refractivity contribution in [2.75, 3.05) is 13.7 Å². The summed E-state index contributed by atoms with van der Waals surface area (Å²) in [4.78, 5) is 24.4. The number of ether oxygens (including phenoxy) is 2. The molecule has 0 N–H and O–H groups in total. The zero-order chi connectivity index (χ0) is 17.5. The zero-order valence-corrected chi connectivity index (χ0v) is 13.9. The van der Waals surface area contributed by atoms with E-state index >= 15 is 0 Å². The van der Waals surface area contributed by atoms with Gasteiger partial charge in [0.2, 0.25) is 0 Å². The summed E-state index contributed by atoms with van der Waals surface area (Å²) in [6.45, 7) is 5.90. The summed E-state index contributed by atoms with van der Waals surface area (Å²) in [7, 11) is 1.31. The molecule has 124 valence electrons. The van der Waals surface area contributed by atoms with Gasteiger partial charge >= 0.3 is 5.97 Å². The van der Waals surface area contributed by atoms with Gasteiger partial charge in [0.05, 0.1) is 18.2 Å². The molecular weight excluding hydrogens is 304 g/mol. The molecule has 1 aliphatic rings. The first kappa shape index (κ1) is 17.5. The fraction of sp³-hybridized carbons (Fsp3) is 0.200. The molecule has 0 fully saturated rings. The minimum atomic E-state index is -0.482. The predicted molar refractivity (Wildman–Crippen MR) is 93.4 cm³/mol. The quantitative estimate of drug-likeness (QED) is 0.621. The highest BCUT2D eigenvalue weighted by molar-refractivity contribution is 6.02. The molecule has 0 bridgehead atoms. The number of carbonyl (C=O) groups excluding carboxylic acids is 2. The summed E-state index contributed by atoms with van der Waals surface area (Å²) in [6.07, 6.45) is 9.46. The highest BCUT2D eigenvalue weighted by atomic mass is 16.5. The van der Waals surface area contributed by atoms with Crippen LogP contribution < -0.4 is 4.74 Å². The Labute approximate surface area is 141 Å². The van der Waals surface area contributed by atoms with Gasteiger partial charge in [-0.1, -0.05) is 36.5 Å². The lowest BCUT2D eigenvalue weighted by molar-refractivity contribution is 0.0600. The molecule has 0 aliphatic carbocycles. The third-order valence-corrected chi connectivity index (χ3v) is 3.66. The minimum absolute atomic E-state index is 0.104. The summed E-state index contributed by atoms with van der Waals surface area (Å²) >= 11 is 0. The molecule has 0 unspecified atom stereocenters. The molecule has 0 aromatic heterocycles. The van der Waals surface area contributed by atoms with Gasteiger partial charge in [0.15, 0.2) is 5.78 Å². The lowest BCUT2D eigenvalue weighted by atomic mass is 9.97. The van der Waals surface area contributed by atoms with Crippen LogP contribution in [0.25, 0.3) is 0 Å². The van der Waals surface area contributed by atoms with E-state index in [0.717, 1.165) is 11.1 Å². The summed E-state index contributed by atoms with van der Waals surface area (Å²) in [6, 6.07) is 4.75. The van der Waals surface area contributed by atoms with Crippen molar-refractivity contribution in [2.24, 2.45) is 0 Å². The van der Waals surface area contributed by atoms with Gasteiger partial charge in [0.25, 0.3) is 0 Å². The summed E-state index contributed by atoms with van der Waals surface area (Å²) in [5.74, 6) is -0.118. The highest BCUT2D eigenvalue weighted by Gasteiger charge is 2.18. The van der Waals surface area contributed by atoms with E-state index in [2.05, 4.69) is 6.58 Å². The lowest BCUT2D eigenvalue weighted by Crippen LogP contribution is -2.10. The SMILES string of the molecule is C=C\C=C/C1=C(\C)CC(=O)c2cc(C(=O)OC)ccc2OC/C=C\1. The van der Waals surface area contributed by atoms with Crippen LogP contribution in [0.2, 0.25) is 0 Å². The van der Waals surface area contributed by atoms with Gasteiger partial charge in [-0.25, -0.2) is 4.79 Å². The average molecular weight is 324 g/mol. The van der Waals surface area contributed by atoms with E-state index in [4.69, 9.17) is 9.47 Å². The minimum Gasteiger partial charge on any atom is -0.489 e. The first-order valence-corrected chi connectivity index (χ1v) is 7.60. The summed E-state index contributed by atoms with van der Waals surface area (Å²) in [5, 5.41) is 0.